The topological polar surface area (TPSA) is 107 Å². The van der Waals surface area contributed by atoms with Crippen LogP contribution in [0.3, 0.4) is 0 Å². The molecule has 0 aromatic rings. The van der Waals surface area contributed by atoms with Crippen LogP contribution in [-0.4, -0.2) is 11.9 Å². The minimum absolute atomic E-state index is 0.0518. The van der Waals surface area contributed by atoms with Gasteiger partial charge in [-0.1, -0.05) is 13.3 Å². The highest BCUT2D eigenvalue weighted by Crippen LogP contribution is 2.11. The predicted molar refractivity (Wildman–Crippen MR) is 52.6 cm³/mol. The molecule has 0 aliphatic carbocycles. The van der Waals surface area contributed by atoms with Crippen molar-refractivity contribution >= 4 is 11.9 Å². The summed E-state index contributed by atoms with van der Waals surface area (Å²) in [7, 11) is 0. The van der Waals surface area contributed by atoms with Crippen LogP contribution in [0.1, 0.15) is 26.7 Å². The molecule has 0 saturated heterocycles. The maximum absolute atomic E-state index is 10.8. The van der Waals surface area contributed by atoms with Gasteiger partial charge in [0.25, 0.3) is 0 Å². The molecule has 0 spiro atoms. The molecule has 5 heteroatoms. The molecule has 0 atom stereocenters. The summed E-state index contributed by atoms with van der Waals surface area (Å²) in [5.41, 5.74) is 16.5. The molecular weight excluding hydrogens is 168 g/mol. The Morgan fingerprint density at radius 1 is 1.31 bits per heavy atom. The van der Waals surface area contributed by atoms with Gasteiger partial charge in [0.1, 0.15) is 0 Å². The number of primary amides is 1. The smallest absolute Gasteiger partial charge is 0.246 e. The van der Waals surface area contributed by atoms with Gasteiger partial charge in [0.05, 0.1) is 5.70 Å². The van der Waals surface area contributed by atoms with Crippen LogP contribution < -0.4 is 17.2 Å². The quantitative estimate of drug-likeness (QED) is 0.320. The van der Waals surface area contributed by atoms with Crippen molar-refractivity contribution in [2.75, 3.05) is 0 Å². The van der Waals surface area contributed by atoms with Crippen LogP contribution in [0, 0.1) is 0 Å². The van der Waals surface area contributed by atoms with Crippen molar-refractivity contribution in [2.45, 2.75) is 26.7 Å². The van der Waals surface area contributed by atoms with Crippen LogP contribution in [0.5, 0.6) is 0 Å². The van der Waals surface area contributed by atoms with E-state index < -0.39 is 5.91 Å². The van der Waals surface area contributed by atoms with E-state index in [2.05, 4.69) is 4.99 Å². The fraction of sp³-hybridized carbons (Fsp3) is 0.500. The summed E-state index contributed by atoms with van der Waals surface area (Å²) in [4.78, 5) is 14.6. The summed E-state index contributed by atoms with van der Waals surface area (Å²) in [6.07, 6.45) is 1.50. The number of guanidine groups is 1. The van der Waals surface area contributed by atoms with Gasteiger partial charge >= 0.3 is 0 Å². The maximum atomic E-state index is 10.8. The molecular formula is C8H16N4O. The van der Waals surface area contributed by atoms with E-state index in [1.807, 2.05) is 6.92 Å². The first kappa shape index (κ1) is 11.5. The monoisotopic (exact) mass is 184 g/mol. The van der Waals surface area contributed by atoms with Crippen molar-refractivity contribution in [3.8, 4) is 0 Å². The molecule has 5 nitrogen and oxygen atoms in total. The second kappa shape index (κ2) is 5.18. The first-order chi connectivity index (χ1) is 5.99. The third kappa shape index (κ3) is 4.15. The SMILES string of the molecule is CCCC(N=C(N)N)=C(C)C(N)=O. The second-order valence-corrected chi connectivity index (χ2v) is 2.72. The number of nitrogens with two attached hydrogens (primary N) is 3. The van der Waals surface area contributed by atoms with E-state index in [0.717, 1.165) is 6.42 Å². The van der Waals surface area contributed by atoms with Gasteiger partial charge in [-0.25, -0.2) is 4.99 Å². The van der Waals surface area contributed by atoms with E-state index in [0.29, 0.717) is 17.7 Å². The van der Waals surface area contributed by atoms with Crippen molar-refractivity contribution in [3.05, 3.63) is 11.3 Å². The molecule has 0 bridgehead atoms. The van der Waals surface area contributed by atoms with Gasteiger partial charge in [0, 0.05) is 5.57 Å². The lowest BCUT2D eigenvalue weighted by Gasteiger charge is -2.03. The van der Waals surface area contributed by atoms with Gasteiger partial charge in [0.15, 0.2) is 5.96 Å². The normalized spacial score (nSPS) is 11.8. The summed E-state index contributed by atoms with van der Waals surface area (Å²) >= 11 is 0. The first-order valence-corrected chi connectivity index (χ1v) is 4.08. The number of nitrogens with zero attached hydrogens (tertiary/aromatic N) is 1. The number of amides is 1. The number of carbonyl (C=O) groups excluding carboxylic acids is 1. The lowest BCUT2D eigenvalue weighted by atomic mass is 10.1. The molecule has 6 N–H and O–H groups in total. The molecule has 0 radical (unpaired) electrons. The zero-order valence-electron chi connectivity index (χ0n) is 8.00. The molecule has 0 fully saturated rings. The number of hydrogen-bond acceptors (Lipinski definition) is 2. The lowest BCUT2D eigenvalue weighted by Crippen LogP contribution is -2.23. The Hall–Kier alpha value is -1.52. The second-order valence-electron chi connectivity index (χ2n) is 2.72. The lowest BCUT2D eigenvalue weighted by molar-refractivity contribution is -0.114. The largest absolute Gasteiger partial charge is 0.370 e. The average Bonchev–Trinajstić information content (AvgIpc) is 2.01. The highest BCUT2D eigenvalue weighted by atomic mass is 16.1. The van der Waals surface area contributed by atoms with E-state index in [4.69, 9.17) is 17.2 Å². The third-order valence-electron chi connectivity index (χ3n) is 1.55. The molecule has 1 amide bonds. The number of hydrogen-bond donors (Lipinski definition) is 3. The number of carbonyl (C=O) groups is 1. The average molecular weight is 184 g/mol. The zero-order valence-corrected chi connectivity index (χ0v) is 8.00. The summed E-state index contributed by atoms with van der Waals surface area (Å²) in [5.74, 6) is -0.544. The molecule has 13 heavy (non-hydrogen) atoms. The van der Waals surface area contributed by atoms with Crippen LogP contribution in [0.25, 0.3) is 0 Å². The maximum Gasteiger partial charge on any atom is 0.246 e. The van der Waals surface area contributed by atoms with Gasteiger partial charge in [-0.05, 0) is 13.3 Å². The van der Waals surface area contributed by atoms with E-state index in [1.54, 1.807) is 6.92 Å². The molecule has 0 aromatic heterocycles. The van der Waals surface area contributed by atoms with Crippen molar-refractivity contribution in [1.82, 2.24) is 0 Å². The van der Waals surface area contributed by atoms with E-state index in [9.17, 15) is 4.79 Å². The summed E-state index contributed by atoms with van der Waals surface area (Å²) in [6.45, 7) is 3.58. The number of allylic oxidation sites excluding steroid dienone is 1. The van der Waals surface area contributed by atoms with Crippen LogP contribution in [0.4, 0.5) is 0 Å². The van der Waals surface area contributed by atoms with Crippen LogP contribution in [-0.2, 0) is 4.79 Å². The molecule has 0 heterocycles. The van der Waals surface area contributed by atoms with Gasteiger partial charge in [-0.2, -0.15) is 0 Å². The third-order valence-corrected chi connectivity index (χ3v) is 1.55. The first-order valence-electron chi connectivity index (χ1n) is 4.08. The fourth-order valence-corrected chi connectivity index (χ4v) is 0.862. The van der Waals surface area contributed by atoms with Gasteiger partial charge in [-0.3, -0.25) is 4.79 Å². The minimum Gasteiger partial charge on any atom is -0.370 e. The Morgan fingerprint density at radius 2 is 1.85 bits per heavy atom. The predicted octanol–water partition coefficient (Wildman–Crippen LogP) is -0.181. The Kier molecular flexibility index (Phi) is 4.58. The minimum atomic E-state index is -0.492. The summed E-state index contributed by atoms with van der Waals surface area (Å²) in [6, 6.07) is 0. The highest BCUT2D eigenvalue weighted by Gasteiger charge is 2.05. The van der Waals surface area contributed by atoms with Gasteiger partial charge < -0.3 is 17.2 Å². The molecule has 0 unspecified atom stereocenters. The molecule has 0 aliphatic heterocycles. The van der Waals surface area contributed by atoms with Gasteiger partial charge in [-0.15, -0.1) is 0 Å². The van der Waals surface area contributed by atoms with Crippen LogP contribution in [0.2, 0.25) is 0 Å². The van der Waals surface area contributed by atoms with Crippen molar-refractivity contribution in [1.29, 1.82) is 0 Å². The van der Waals surface area contributed by atoms with E-state index >= 15 is 0 Å². The molecule has 0 aliphatic rings. The standard InChI is InChI=1S/C8H16N4O/c1-3-4-6(12-8(10)11)5(2)7(9)13/h3-4H2,1-2H3,(H2,9,13)(H4,10,11,12). The Morgan fingerprint density at radius 3 is 2.15 bits per heavy atom. The van der Waals surface area contributed by atoms with Crippen LogP contribution in [0.15, 0.2) is 16.3 Å². The van der Waals surface area contributed by atoms with E-state index in [-0.39, 0.29) is 5.96 Å². The van der Waals surface area contributed by atoms with Crippen LogP contribution >= 0.6 is 0 Å². The zero-order chi connectivity index (χ0) is 10.4. The number of aliphatic imine (C=N–C) groups is 1. The van der Waals surface area contributed by atoms with Gasteiger partial charge in [0.2, 0.25) is 5.91 Å². The Balaban J connectivity index is 4.88. The molecule has 74 valence electrons. The molecule has 0 aromatic carbocycles. The number of rotatable bonds is 4. The molecule has 0 saturated carbocycles. The highest BCUT2D eigenvalue weighted by molar-refractivity contribution is 5.92. The summed E-state index contributed by atoms with van der Waals surface area (Å²) < 4.78 is 0. The summed E-state index contributed by atoms with van der Waals surface area (Å²) in [5, 5.41) is 0. The fourth-order valence-electron chi connectivity index (χ4n) is 0.862. The molecule has 0 rings (SSSR count). The Bertz CT molecular complexity index is 251. The Labute approximate surface area is 77.7 Å². The van der Waals surface area contributed by atoms with E-state index in [1.165, 1.54) is 0 Å². The van der Waals surface area contributed by atoms with Crippen molar-refractivity contribution in [2.24, 2.45) is 22.2 Å². The van der Waals surface area contributed by atoms with Crippen molar-refractivity contribution in [3.63, 3.8) is 0 Å². The van der Waals surface area contributed by atoms with Crippen molar-refractivity contribution < 1.29 is 4.79 Å².